The van der Waals surface area contributed by atoms with Gasteiger partial charge in [-0.1, -0.05) is 18.3 Å². The number of aromatic nitrogens is 3. The quantitative estimate of drug-likeness (QED) is 0.310. The van der Waals surface area contributed by atoms with Gasteiger partial charge in [-0.2, -0.15) is 0 Å². The molecule has 230 valence electrons. The molecule has 0 spiro atoms. The Kier molecular flexibility index (Phi) is 9.16. The molecule has 1 amide bonds. The van der Waals surface area contributed by atoms with Crippen LogP contribution in [0.3, 0.4) is 0 Å². The Labute approximate surface area is 250 Å². The van der Waals surface area contributed by atoms with Crippen LogP contribution in [0, 0.1) is 12.8 Å². The van der Waals surface area contributed by atoms with E-state index >= 15 is 0 Å². The molecule has 5 rings (SSSR count). The molecule has 0 saturated carbocycles. The number of ether oxygens (including phenoxy) is 1. The van der Waals surface area contributed by atoms with E-state index in [4.69, 9.17) is 0 Å². The Morgan fingerprint density at radius 3 is 2.53 bits per heavy atom. The Morgan fingerprint density at radius 1 is 1.12 bits per heavy atom. The molecule has 2 fully saturated rings. The minimum atomic E-state index is -4.83. The number of hydrogen-bond acceptors (Lipinski definition) is 9. The minimum absolute atomic E-state index is 0.0736. The fourth-order valence-corrected chi connectivity index (χ4v) is 6.69. The molecule has 14 heteroatoms. The van der Waals surface area contributed by atoms with Gasteiger partial charge in [0.15, 0.2) is 5.13 Å². The number of alkyl halides is 3. The van der Waals surface area contributed by atoms with Crippen LogP contribution >= 0.6 is 11.3 Å². The third kappa shape index (κ3) is 7.60. The number of likely N-dealkylation sites (tertiary alicyclic amines) is 1. The fraction of sp³-hybridized carbons (Fsp3) is 0.483. The number of aliphatic carboxylic acids is 1. The second-order valence-electron chi connectivity index (χ2n) is 10.9. The molecule has 2 aliphatic rings. The van der Waals surface area contributed by atoms with Gasteiger partial charge in [-0.15, -0.1) is 13.2 Å². The molecule has 0 aliphatic carbocycles. The zero-order chi connectivity index (χ0) is 30.7. The van der Waals surface area contributed by atoms with E-state index in [2.05, 4.69) is 36.8 Å². The number of halogens is 3. The number of rotatable bonds is 9. The zero-order valence-electron chi connectivity index (χ0n) is 23.9. The molecule has 1 aromatic carbocycles. The van der Waals surface area contributed by atoms with Crippen molar-refractivity contribution in [3.05, 3.63) is 46.7 Å². The van der Waals surface area contributed by atoms with E-state index in [0.29, 0.717) is 66.3 Å². The number of piperidine rings is 1. The number of carbonyl (C=O) groups excluding carboxylic acids is 1. The lowest BCUT2D eigenvalue weighted by atomic mass is 9.97. The van der Waals surface area contributed by atoms with Crippen LogP contribution in [-0.2, 0) is 11.3 Å². The number of hydrogen-bond donors (Lipinski definition) is 2. The van der Waals surface area contributed by atoms with Crippen LogP contribution in [-0.4, -0.2) is 68.9 Å². The van der Waals surface area contributed by atoms with Crippen LogP contribution in [0.1, 0.15) is 60.0 Å². The van der Waals surface area contributed by atoms with Gasteiger partial charge < -0.3 is 14.7 Å². The summed E-state index contributed by atoms with van der Waals surface area (Å²) >= 11 is 1.28. The minimum Gasteiger partial charge on any atom is -0.481 e. The first kappa shape index (κ1) is 30.7. The average molecular weight is 619 g/mol. The van der Waals surface area contributed by atoms with E-state index in [1.807, 2.05) is 4.90 Å². The van der Waals surface area contributed by atoms with E-state index in [1.54, 1.807) is 13.0 Å². The normalized spacial score (nSPS) is 18.2. The zero-order valence-corrected chi connectivity index (χ0v) is 24.7. The average Bonchev–Trinajstić information content (AvgIpc) is 3.58. The summed E-state index contributed by atoms with van der Waals surface area (Å²) in [5.74, 6) is -1.46. The molecule has 0 radical (unpaired) electrons. The Morgan fingerprint density at radius 2 is 1.88 bits per heavy atom. The highest BCUT2D eigenvalue weighted by molar-refractivity contribution is 7.16. The SMILES string of the molecule is CC[C@@H]1CCCN1Cc1sc(NC(=O)c2cnc(N3CCC(C(=O)O)CC3)cn2)nc1-c1cc(C)cc(OC(F)(F)F)c1. The summed E-state index contributed by atoms with van der Waals surface area (Å²) in [5, 5.41) is 12.3. The second-order valence-corrected chi connectivity index (χ2v) is 11.9. The summed E-state index contributed by atoms with van der Waals surface area (Å²) in [6, 6.07) is 4.78. The van der Waals surface area contributed by atoms with Gasteiger partial charge in [0.05, 0.1) is 24.0 Å². The largest absolute Gasteiger partial charge is 0.573 e. The van der Waals surface area contributed by atoms with Crippen LogP contribution in [0.5, 0.6) is 5.75 Å². The molecule has 2 N–H and O–H groups in total. The topological polar surface area (TPSA) is 121 Å². The number of anilines is 2. The number of aryl methyl sites for hydroxylation is 1. The molecule has 0 unspecified atom stereocenters. The highest BCUT2D eigenvalue weighted by Crippen LogP contribution is 2.37. The Bertz CT molecular complexity index is 1460. The summed E-state index contributed by atoms with van der Waals surface area (Å²) in [6.07, 6.45) is 2.17. The third-order valence-electron chi connectivity index (χ3n) is 7.83. The first-order chi connectivity index (χ1) is 20.5. The first-order valence-electron chi connectivity index (χ1n) is 14.2. The number of amides is 1. The second kappa shape index (κ2) is 12.8. The number of thiazole rings is 1. The maximum Gasteiger partial charge on any atom is 0.573 e. The van der Waals surface area contributed by atoms with Crippen molar-refractivity contribution in [3.8, 4) is 17.0 Å². The third-order valence-corrected chi connectivity index (χ3v) is 8.79. The summed E-state index contributed by atoms with van der Waals surface area (Å²) in [4.78, 5) is 42.7. The summed E-state index contributed by atoms with van der Waals surface area (Å²) in [5.41, 5.74) is 1.61. The van der Waals surface area contributed by atoms with E-state index in [1.165, 1.54) is 35.9 Å². The number of nitrogens with one attached hydrogen (secondary N) is 1. The van der Waals surface area contributed by atoms with Gasteiger partial charge in [0.25, 0.3) is 5.91 Å². The van der Waals surface area contributed by atoms with Crippen molar-refractivity contribution >= 4 is 34.2 Å². The maximum atomic E-state index is 13.1. The molecule has 4 heterocycles. The molecule has 43 heavy (non-hydrogen) atoms. The summed E-state index contributed by atoms with van der Waals surface area (Å²) in [7, 11) is 0. The Hall–Kier alpha value is -3.78. The number of nitrogens with zero attached hydrogens (tertiary/aromatic N) is 5. The van der Waals surface area contributed by atoms with Gasteiger partial charge in [-0.3, -0.25) is 19.8 Å². The number of carboxylic acids is 1. The van der Waals surface area contributed by atoms with Crippen molar-refractivity contribution in [2.24, 2.45) is 5.92 Å². The predicted molar refractivity (Wildman–Crippen MR) is 155 cm³/mol. The van der Waals surface area contributed by atoms with Gasteiger partial charge in [-0.05, 0) is 69.3 Å². The maximum absolute atomic E-state index is 13.1. The van der Waals surface area contributed by atoms with Gasteiger partial charge in [0.1, 0.15) is 17.3 Å². The molecular formula is C29H33F3N6O4S. The highest BCUT2D eigenvalue weighted by Gasteiger charge is 2.32. The molecule has 2 saturated heterocycles. The van der Waals surface area contributed by atoms with Crippen LogP contribution < -0.4 is 15.0 Å². The van der Waals surface area contributed by atoms with Crippen molar-refractivity contribution < 1.29 is 32.6 Å². The summed E-state index contributed by atoms with van der Waals surface area (Å²) in [6.45, 7) is 6.35. The monoisotopic (exact) mass is 618 g/mol. The fourth-order valence-electron chi connectivity index (χ4n) is 5.68. The van der Waals surface area contributed by atoms with Crippen molar-refractivity contribution in [3.63, 3.8) is 0 Å². The first-order valence-corrected chi connectivity index (χ1v) is 15.0. The molecule has 2 aliphatic heterocycles. The standard InChI is InChI=1S/C29H33F3N6O4S/c1-3-20-5-4-8-38(20)16-23-25(19-11-17(2)12-21(13-19)42-29(30,31)32)35-28(43-23)36-26(39)22-14-34-24(15-33-22)37-9-6-18(7-10-37)27(40)41/h11-15,18,20H,3-10,16H2,1-2H3,(H,40,41)(H,35,36,39)/t20-/m1/s1. The van der Waals surface area contributed by atoms with Gasteiger partial charge in [0.2, 0.25) is 0 Å². The van der Waals surface area contributed by atoms with E-state index < -0.39 is 18.2 Å². The molecular weight excluding hydrogens is 585 g/mol. The highest BCUT2D eigenvalue weighted by atomic mass is 32.1. The summed E-state index contributed by atoms with van der Waals surface area (Å²) < 4.78 is 43.2. The lowest BCUT2D eigenvalue weighted by Gasteiger charge is -2.30. The smallest absolute Gasteiger partial charge is 0.481 e. The lowest BCUT2D eigenvalue weighted by Crippen LogP contribution is -2.36. The van der Waals surface area contributed by atoms with Gasteiger partial charge in [-0.25, -0.2) is 15.0 Å². The van der Waals surface area contributed by atoms with E-state index in [9.17, 15) is 27.9 Å². The lowest BCUT2D eigenvalue weighted by molar-refractivity contribution is -0.274. The molecule has 2 aromatic heterocycles. The number of benzene rings is 1. The van der Waals surface area contributed by atoms with Crippen LogP contribution in [0.25, 0.3) is 11.3 Å². The molecule has 1 atom stereocenters. The van der Waals surface area contributed by atoms with Crippen molar-refractivity contribution in [1.82, 2.24) is 19.9 Å². The van der Waals surface area contributed by atoms with E-state index in [0.717, 1.165) is 30.7 Å². The molecule has 0 bridgehead atoms. The molecule has 10 nitrogen and oxygen atoms in total. The van der Waals surface area contributed by atoms with E-state index in [-0.39, 0.29) is 17.4 Å². The Balaban J connectivity index is 1.36. The van der Waals surface area contributed by atoms with Crippen LogP contribution in [0.15, 0.2) is 30.6 Å². The van der Waals surface area contributed by atoms with Crippen LogP contribution in [0.2, 0.25) is 0 Å². The predicted octanol–water partition coefficient (Wildman–Crippen LogP) is 5.73. The van der Waals surface area contributed by atoms with Crippen molar-refractivity contribution in [1.29, 1.82) is 0 Å². The van der Waals surface area contributed by atoms with Crippen molar-refractivity contribution in [2.75, 3.05) is 29.9 Å². The number of carbonyl (C=O) groups is 2. The van der Waals surface area contributed by atoms with Crippen molar-refractivity contribution in [2.45, 2.75) is 64.9 Å². The van der Waals surface area contributed by atoms with Crippen LogP contribution in [0.4, 0.5) is 24.1 Å². The van der Waals surface area contributed by atoms with Gasteiger partial charge in [0, 0.05) is 36.1 Å². The molecule has 3 aromatic rings. The van der Waals surface area contributed by atoms with Gasteiger partial charge >= 0.3 is 12.3 Å². The number of carboxylic acid groups (broad SMARTS) is 1.